The smallest absolute Gasteiger partial charge is 0.173 e. The van der Waals surface area contributed by atoms with Crippen LogP contribution in [-0.2, 0) is 0 Å². The van der Waals surface area contributed by atoms with Crippen LogP contribution in [0.4, 0.5) is 8.78 Å². The third kappa shape index (κ3) is 2.04. The first-order valence-electron chi connectivity index (χ1n) is 3.59. The molecule has 0 heterocycles. The van der Waals surface area contributed by atoms with E-state index in [0.29, 0.717) is 0 Å². The molecule has 1 aromatic rings. The second-order valence-corrected chi connectivity index (χ2v) is 3.37. The van der Waals surface area contributed by atoms with Crippen LogP contribution in [0.25, 0.3) is 0 Å². The lowest BCUT2D eigenvalue weighted by Crippen LogP contribution is -2.13. The zero-order valence-corrected chi connectivity index (χ0v) is 8.18. The van der Waals surface area contributed by atoms with Gasteiger partial charge < -0.3 is 10.8 Å². The number of aliphatic hydroxyl groups is 1. The van der Waals surface area contributed by atoms with E-state index < -0.39 is 17.7 Å². The van der Waals surface area contributed by atoms with Gasteiger partial charge in [-0.3, -0.25) is 0 Å². The Morgan fingerprint density at radius 2 is 2.00 bits per heavy atom. The third-order valence-electron chi connectivity index (χ3n) is 1.65. The number of hydrogen-bond donors (Lipinski definition) is 2. The van der Waals surface area contributed by atoms with Gasteiger partial charge in [-0.1, -0.05) is 6.07 Å². The van der Waals surface area contributed by atoms with Crippen molar-refractivity contribution in [2.24, 2.45) is 5.73 Å². The summed E-state index contributed by atoms with van der Waals surface area (Å²) in [6, 6.07) is 2.62. The van der Waals surface area contributed by atoms with E-state index in [1.54, 1.807) is 0 Å². The number of rotatable bonds is 2. The quantitative estimate of drug-likeness (QED) is 0.787. The summed E-state index contributed by atoms with van der Waals surface area (Å²) >= 11 is 2.82. The van der Waals surface area contributed by atoms with Crippen LogP contribution in [0.3, 0.4) is 0 Å². The van der Waals surface area contributed by atoms with Gasteiger partial charge in [0.15, 0.2) is 11.6 Å². The lowest BCUT2D eigenvalue weighted by Gasteiger charge is -2.09. The van der Waals surface area contributed by atoms with Crippen LogP contribution in [0.1, 0.15) is 11.7 Å². The topological polar surface area (TPSA) is 46.2 Å². The first-order chi connectivity index (χ1) is 6.07. The standard InChI is InChI=1S/C8H8BrF2NO/c9-5-2-1-4(6(13)3-12)7(10)8(5)11/h1-2,6,13H,3,12H2/t6-/m1/s1. The predicted molar refractivity (Wildman–Crippen MR) is 48.1 cm³/mol. The number of aliphatic hydroxyl groups excluding tert-OH is 1. The second kappa shape index (κ2) is 4.13. The van der Waals surface area contributed by atoms with Crippen LogP contribution >= 0.6 is 15.9 Å². The van der Waals surface area contributed by atoms with E-state index in [-0.39, 0.29) is 16.6 Å². The third-order valence-corrected chi connectivity index (χ3v) is 2.26. The van der Waals surface area contributed by atoms with E-state index in [9.17, 15) is 13.9 Å². The maximum Gasteiger partial charge on any atom is 0.173 e. The fourth-order valence-electron chi connectivity index (χ4n) is 0.925. The molecular weight excluding hydrogens is 244 g/mol. The summed E-state index contributed by atoms with van der Waals surface area (Å²) in [6.45, 7) is -0.141. The SMILES string of the molecule is NC[C@@H](O)c1ccc(Br)c(F)c1F. The summed E-state index contributed by atoms with van der Waals surface area (Å²) in [5, 5.41) is 9.18. The van der Waals surface area contributed by atoms with Crippen molar-refractivity contribution in [3.8, 4) is 0 Å². The van der Waals surface area contributed by atoms with E-state index in [1.165, 1.54) is 12.1 Å². The van der Waals surface area contributed by atoms with Gasteiger partial charge in [0.25, 0.3) is 0 Å². The van der Waals surface area contributed by atoms with Gasteiger partial charge in [0.2, 0.25) is 0 Å². The number of halogens is 3. The zero-order valence-electron chi connectivity index (χ0n) is 6.60. The minimum atomic E-state index is -1.16. The van der Waals surface area contributed by atoms with Crippen molar-refractivity contribution >= 4 is 15.9 Å². The van der Waals surface area contributed by atoms with Gasteiger partial charge in [-0.15, -0.1) is 0 Å². The van der Waals surface area contributed by atoms with Gasteiger partial charge in [-0.2, -0.15) is 0 Å². The highest BCUT2D eigenvalue weighted by molar-refractivity contribution is 9.10. The summed E-state index contributed by atoms with van der Waals surface area (Å²) in [5.41, 5.74) is 4.99. The Labute approximate surface area is 82.5 Å². The van der Waals surface area contributed by atoms with Gasteiger partial charge in [0.1, 0.15) is 0 Å². The molecule has 1 rings (SSSR count). The first-order valence-corrected chi connectivity index (χ1v) is 4.38. The molecule has 0 amide bonds. The molecule has 0 saturated heterocycles. The Morgan fingerprint density at radius 1 is 1.38 bits per heavy atom. The molecule has 0 aliphatic carbocycles. The van der Waals surface area contributed by atoms with Crippen LogP contribution in [-0.4, -0.2) is 11.7 Å². The van der Waals surface area contributed by atoms with Crippen molar-refractivity contribution in [1.29, 1.82) is 0 Å². The molecular formula is C8H8BrF2NO. The molecule has 0 aliphatic heterocycles. The number of hydrogen-bond acceptors (Lipinski definition) is 2. The summed E-state index contributed by atoms with van der Waals surface area (Å²) in [4.78, 5) is 0. The average molecular weight is 252 g/mol. The van der Waals surface area contributed by atoms with E-state index in [2.05, 4.69) is 15.9 Å². The maximum atomic E-state index is 13.1. The van der Waals surface area contributed by atoms with Crippen molar-refractivity contribution in [3.63, 3.8) is 0 Å². The Bertz CT molecular complexity index is 319. The van der Waals surface area contributed by atoms with E-state index >= 15 is 0 Å². The Balaban J connectivity index is 3.18. The van der Waals surface area contributed by atoms with Gasteiger partial charge in [0.05, 0.1) is 10.6 Å². The minimum Gasteiger partial charge on any atom is -0.387 e. The van der Waals surface area contributed by atoms with Gasteiger partial charge in [-0.05, 0) is 22.0 Å². The van der Waals surface area contributed by atoms with E-state index in [1.807, 2.05) is 0 Å². The van der Waals surface area contributed by atoms with Gasteiger partial charge in [-0.25, -0.2) is 8.78 Å². The van der Waals surface area contributed by atoms with Crippen LogP contribution in [0, 0.1) is 11.6 Å². The molecule has 0 saturated carbocycles. The number of benzene rings is 1. The highest BCUT2D eigenvalue weighted by atomic mass is 79.9. The molecule has 0 spiro atoms. The monoisotopic (exact) mass is 251 g/mol. The number of nitrogens with two attached hydrogens (primary N) is 1. The molecule has 0 unspecified atom stereocenters. The van der Waals surface area contributed by atoms with Crippen LogP contribution in [0.2, 0.25) is 0 Å². The van der Waals surface area contributed by atoms with Gasteiger partial charge >= 0.3 is 0 Å². The average Bonchev–Trinajstić information content (AvgIpc) is 2.13. The molecule has 5 heteroatoms. The van der Waals surface area contributed by atoms with Crippen molar-refractivity contribution in [1.82, 2.24) is 0 Å². The molecule has 1 atom stereocenters. The highest BCUT2D eigenvalue weighted by Gasteiger charge is 2.16. The Hall–Kier alpha value is -0.520. The van der Waals surface area contributed by atoms with Gasteiger partial charge in [0, 0.05) is 12.1 Å². The molecule has 0 aliphatic rings. The minimum absolute atomic E-state index is 0.0259. The lowest BCUT2D eigenvalue weighted by molar-refractivity contribution is 0.180. The molecule has 3 N–H and O–H groups in total. The van der Waals surface area contributed by atoms with Crippen molar-refractivity contribution in [3.05, 3.63) is 33.8 Å². The molecule has 0 fully saturated rings. The molecule has 2 nitrogen and oxygen atoms in total. The molecule has 13 heavy (non-hydrogen) atoms. The fourth-order valence-corrected chi connectivity index (χ4v) is 1.23. The second-order valence-electron chi connectivity index (χ2n) is 2.52. The van der Waals surface area contributed by atoms with Crippen molar-refractivity contribution < 1.29 is 13.9 Å². The Kier molecular flexibility index (Phi) is 3.35. The molecule has 0 aromatic heterocycles. The molecule has 1 aromatic carbocycles. The highest BCUT2D eigenvalue weighted by Crippen LogP contribution is 2.24. The molecule has 72 valence electrons. The maximum absolute atomic E-state index is 13.1. The van der Waals surface area contributed by atoms with Crippen molar-refractivity contribution in [2.45, 2.75) is 6.10 Å². The molecule has 0 radical (unpaired) electrons. The lowest BCUT2D eigenvalue weighted by atomic mass is 10.1. The van der Waals surface area contributed by atoms with E-state index in [4.69, 9.17) is 5.73 Å². The first kappa shape index (κ1) is 10.6. The zero-order chi connectivity index (χ0) is 10.0. The largest absolute Gasteiger partial charge is 0.387 e. The normalized spacial score (nSPS) is 13.0. The summed E-state index contributed by atoms with van der Waals surface area (Å²) < 4.78 is 26.0. The van der Waals surface area contributed by atoms with Crippen molar-refractivity contribution in [2.75, 3.05) is 6.54 Å². The summed E-state index contributed by atoms with van der Waals surface area (Å²) in [7, 11) is 0. The summed E-state index contributed by atoms with van der Waals surface area (Å²) in [6.07, 6.45) is -1.16. The molecule has 0 bridgehead atoms. The Morgan fingerprint density at radius 3 is 2.54 bits per heavy atom. The van der Waals surface area contributed by atoms with Crippen LogP contribution < -0.4 is 5.73 Å². The van der Waals surface area contributed by atoms with E-state index in [0.717, 1.165) is 0 Å². The predicted octanol–water partition coefficient (Wildman–Crippen LogP) is 1.72. The van der Waals surface area contributed by atoms with Crippen LogP contribution in [0.5, 0.6) is 0 Å². The summed E-state index contributed by atoms with van der Waals surface area (Å²) in [5.74, 6) is -2.07. The van der Waals surface area contributed by atoms with Crippen LogP contribution in [0.15, 0.2) is 16.6 Å². The fraction of sp³-hybridized carbons (Fsp3) is 0.250.